The number of benzene rings is 2. The van der Waals surface area contributed by atoms with Crippen molar-refractivity contribution in [2.45, 2.75) is 4.90 Å². The zero-order chi connectivity index (χ0) is 13.9. The number of fused-ring (bicyclic) bond motifs is 1. The molecule has 3 N–H and O–H groups in total. The lowest BCUT2D eigenvalue weighted by Gasteiger charge is -2.06. The highest BCUT2D eigenvalue weighted by Crippen LogP contribution is 2.26. The molecule has 5 nitrogen and oxygen atoms in total. The standard InChI is InChI=1S/C14H13N3O2S/c1-20-11-5-3-10(4-6-11)19-14(18)9-2-7-12-13(8-9)16-17-15-12/h2-8,15-17H,1H3. The van der Waals surface area contributed by atoms with Gasteiger partial charge in [0.25, 0.3) is 0 Å². The Morgan fingerprint density at radius 3 is 2.55 bits per heavy atom. The van der Waals surface area contributed by atoms with Crippen molar-refractivity contribution < 1.29 is 9.53 Å². The van der Waals surface area contributed by atoms with Crippen molar-refractivity contribution in [3.05, 3.63) is 48.0 Å². The molecule has 0 saturated carbocycles. The summed E-state index contributed by atoms with van der Waals surface area (Å²) in [5.74, 6) is 0.163. The number of esters is 1. The third-order valence-electron chi connectivity index (χ3n) is 2.92. The Balaban J connectivity index is 1.75. The van der Waals surface area contributed by atoms with Crippen LogP contribution in [0.25, 0.3) is 0 Å². The van der Waals surface area contributed by atoms with Gasteiger partial charge in [0, 0.05) is 4.90 Å². The van der Waals surface area contributed by atoms with E-state index < -0.39 is 0 Å². The van der Waals surface area contributed by atoms with Crippen LogP contribution in [0.4, 0.5) is 11.4 Å². The Morgan fingerprint density at radius 1 is 1.05 bits per heavy atom. The lowest BCUT2D eigenvalue weighted by molar-refractivity contribution is 0.0735. The van der Waals surface area contributed by atoms with Gasteiger partial charge in [-0.3, -0.25) is 0 Å². The van der Waals surface area contributed by atoms with Crippen LogP contribution in [-0.2, 0) is 0 Å². The quantitative estimate of drug-likeness (QED) is 0.458. The number of carbonyl (C=O) groups is 1. The number of hydrogen-bond donors (Lipinski definition) is 3. The highest BCUT2D eigenvalue weighted by Gasteiger charge is 2.14. The maximum atomic E-state index is 12.1. The summed E-state index contributed by atoms with van der Waals surface area (Å²) in [6.07, 6.45) is 2.00. The Labute approximate surface area is 120 Å². The van der Waals surface area contributed by atoms with Gasteiger partial charge in [0.15, 0.2) is 0 Å². The van der Waals surface area contributed by atoms with Crippen LogP contribution in [0.3, 0.4) is 0 Å². The molecule has 102 valence electrons. The molecule has 3 rings (SSSR count). The average Bonchev–Trinajstić information content (AvgIpc) is 2.95. The van der Waals surface area contributed by atoms with Gasteiger partial charge in [-0.25, -0.2) is 4.79 Å². The van der Waals surface area contributed by atoms with Crippen molar-refractivity contribution in [2.75, 3.05) is 17.1 Å². The first kappa shape index (κ1) is 12.8. The van der Waals surface area contributed by atoms with E-state index in [2.05, 4.69) is 16.4 Å². The number of hydrogen-bond acceptors (Lipinski definition) is 6. The van der Waals surface area contributed by atoms with Crippen molar-refractivity contribution in [3.8, 4) is 5.75 Å². The summed E-state index contributed by atoms with van der Waals surface area (Å²) in [7, 11) is 0. The molecule has 0 spiro atoms. The van der Waals surface area contributed by atoms with Crippen LogP contribution >= 0.6 is 11.8 Å². The average molecular weight is 287 g/mol. The molecule has 0 saturated heterocycles. The summed E-state index contributed by atoms with van der Waals surface area (Å²) in [4.78, 5) is 13.2. The van der Waals surface area contributed by atoms with Crippen LogP contribution in [-0.4, -0.2) is 12.2 Å². The summed E-state index contributed by atoms with van der Waals surface area (Å²) in [5.41, 5.74) is 10.8. The molecule has 0 aromatic heterocycles. The molecule has 1 aliphatic heterocycles. The maximum absolute atomic E-state index is 12.1. The van der Waals surface area contributed by atoms with Crippen molar-refractivity contribution in [1.29, 1.82) is 0 Å². The summed E-state index contributed by atoms with van der Waals surface area (Å²) in [6, 6.07) is 12.7. The molecule has 2 aromatic carbocycles. The number of thioether (sulfide) groups is 1. The first-order valence-corrected chi connectivity index (χ1v) is 7.26. The van der Waals surface area contributed by atoms with E-state index in [1.807, 2.05) is 24.5 Å². The van der Waals surface area contributed by atoms with E-state index in [0.29, 0.717) is 11.3 Å². The van der Waals surface area contributed by atoms with Crippen LogP contribution in [0, 0.1) is 0 Å². The monoisotopic (exact) mass is 287 g/mol. The van der Waals surface area contributed by atoms with Crippen molar-refractivity contribution in [3.63, 3.8) is 0 Å². The van der Waals surface area contributed by atoms with Gasteiger partial charge in [-0.2, -0.15) is 0 Å². The Hall–Kier alpha value is -2.18. The Bertz CT molecular complexity index is 643. The number of anilines is 2. The molecule has 2 aromatic rings. The molecule has 0 radical (unpaired) electrons. The molecule has 0 fully saturated rings. The largest absolute Gasteiger partial charge is 0.423 e. The van der Waals surface area contributed by atoms with E-state index in [1.54, 1.807) is 36.0 Å². The van der Waals surface area contributed by atoms with E-state index in [1.165, 1.54) is 0 Å². The second-order valence-electron chi connectivity index (χ2n) is 4.20. The summed E-state index contributed by atoms with van der Waals surface area (Å²) >= 11 is 1.64. The topological polar surface area (TPSA) is 62.4 Å². The summed E-state index contributed by atoms with van der Waals surface area (Å²) in [5, 5.41) is 0. The number of rotatable bonds is 3. The molecular formula is C14H13N3O2S. The van der Waals surface area contributed by atoms with Gasteiger partial charge in [0.1, 0.15) is 5.75 Å². The van der Waals surface area contributed by atoms with E-state index in [9.17, 15) is 4.79 Å². The number of ether oxygens (including phenoxy) is 1. The van der Waals surface area contributed by atoms with Gasteiger partial charge in [-0.05, 0) is 48.7 Å². The third kappa shape index (κ3) is 2.56. The molecule has 6 heteroatoms. The molecular weight excluding hydrogens is 274 g/mol. The lowest BCUT2D eigenvalue weighted by atomic mass is 10.2. The predicted octanol–water partition coefficient (Wildman–Crippen LogP) is 2.88. The van der Waals surface area contributed by atoms with Gasteiger partial charge in [0.2, 0.25) is 0 Å². The van der Waals surface area contributed by atoms with E-state index >= 15 is 0 Å². The van der Waals surface area contributed by atoms with E-state index in [-0.39, 0.29) is 5.97 Å². The minimum atomic E-state index is -0.376. The number of carbonyl (C=O) groups excluding carboxylic acids is 1. The molecule has 0 unspecified atom stereocenters. The highest BCUT2D eigenvalue weighted by molar-refractivity contribution is 7.98. The minimum absolute atomic E-state index is 0.376. The molecule has 0 aliphatic carbocycles. The lowest BCUT2D eigenvalue weighted by Crippen LogP contribution is -2.19. The van der Waals surface area contributed by atoms with Crippen molar-refractivity contribution in [1.82, 2.24) is 5.53 Å². The maximum Gasteiger partial charge on any atom is 0.343 e. The normalized spacial score (nSPS) is 12.2. The van der Waals surface area contributed by atoms with Crippen LogP contribution in [0.2, 0.25) is 0 Å². The predicted molar refractivity (Wildman–Crippen MR) is 80.0 cm³/mol. The van der Waals surface area contributed by atoms with E-state index in [0.717, 1.165) is 16.3 Å². The van der Waals surface area contributed by atoms with Crippen LogP contribution in [0.1, 0.15) is 10.4 Å². The van der Waals surface area contributed by atoms with Gasteiger partial charge in [-0.15, -0.1) is 17.3 Å². The van der Waals surface area contributed by atoms with Crippen LogP contribution < -0.4 is 21.1 Å². The zero-order valence-electron chi connectivity index (χ0n) is 10.8. The fraction of sp³-hybridized carbons (Fsp3) is 0.0714. The molecule has 0 bridgehead atoms. The third-order valence-corrected chi connectivity index (χ3v) is 3.66. The van der Waals surface area contributed by atoms with Gasteiger partial charge in [-0.1, -0.05) is 0 Å². The van der Waals surface area contributed by atoms with Crippen molar-refractivity contribution in [2.24, 2.45) is 0 Å². The Kier molecular flexibility index (Phi) is 3.49. The minimum Gasteiger partial charge on any atom is -0.423 e. The van der Waals surface area contributed by atoms with Crippen LogP contribution in [0.5, 0.6) is 5.75 Å². The zero-order valence-corrected chi connectivity index (χ0v) is 11.6. The van der Waals surface area contributed by atoms with Gasteiger partial charge < -0.3 is 15.6 Å². The highest BCUT2D eigenvalue weighted by atomic mass is 32.2. The first-order valence-electron chi connectivity index (χ1n) is 6.03. The van der Waals surface area contributed by atoms with E-state index in [4.69, 9.17) is 4.74 Å². The van der Waals surface area contributed by atoms with Gasteiger partial charge >= 0.3 is 5.97 Å². The second kappa shape index (κ2) is 5.44. The number of hydrazine groups is 2. The fourth-order valence-corrected chi connectivity index (χ4v) is 2.27. The smallest absolute Gasteiger partial charge is 0.343 e. The molecule has 20 heavy (non-hydrogen) atoms. The molecule has 0 atom stereocenters. The second-order valence-corrected chi connectivity index (χ2v) is 5.08. The van der Waals surface area contributed by atoms with Crippen molar-refractivity contribution >= 4 is 29.1 Å². The Morgan fingerprint density at radius 2 is 1.80 bits per heavy atom. The fourth-order valence-electron chi connectivity index (χ4n) is 1.86. The molecule has 1 heterocycles. The molecule has 0 amide bonds. The number of nitrogens with one attached hydrogen (secondary N) is 3. The molecule has 1 aliphatic rings. The first-order chi connectivity index (χ1) is 9.76. The van der Waals surface area contributed by atoms with Crippen LogP contribution in [0.15, 0.2) is 47.4 Å². The SMILES string of the molecule is CSc1ccc(OC(=O)c2ccc3c(c2)NNN3)cc1. The summed E-state index contributed by atoms with van der Waals surface area (Å²) < 4.78 is 5.34. The van der Waals surface area contributed by atoms with Gasteiger partial charge in [0.05, 0.1) is 16.9 Å². The summed E-state index contributed by atoms with van der Waals surface area (Å²) in [6.45, 7) is 0.